The van der Waals surface area contributed by atoms with Crippen molar-refractivity contribution >= 4 is 17.5 Å². The minimum Gasteiger partial charge on any atom is -0.508 e. The minimum atomic E-state index is -0.915. The quantitative estimate of drug-likeness (QED) is 0.476. The lowest BCUT2D eigenvalue weighted by atomic mass is 10.1. The maximum Gasteiger partial charge on any atom is 0.305 e. The number of nitrogens with zero attached hydrogens (tertiary/aromatic N) is 1. The maximum atomic E-state index is 13.3. The highest BCUT2D eigenvalue weighted by Gasteiger charge is 2.14. The number of phenols is 1. The minimum absolute atomic E-state index is 0.0287. The Hall–Kier alpha value is -3.49. The molecule has 0 heterocycles. The first-order valence-corrected chi connectivity index (χ1v) is 8.09. The van der Waals surface area contributed by atoms with Gasteiger partial charge in [0.2, 0.25) is 17.6 Å². The van der Waals surface area contributed by atoms with Crippen LogP contribution in [0.2, 0.25) is 0 Å². The summed E-state index contributed by atoms with van der Waals surface area (Å²) in [6.45, 7) is -0.0364. The second kappa shape index (κ2) is 9.27. The van der Waals surface area contributed by atoms with Crippen molar-refractivity contribution < 1.29 is 24.0 Å². The number of hydrogen-bond donors (Lipinski definition) is 3. The summed E-state index contributed by atoms with van der Waals surface area (Å²) in [7, 11) is 0. The summed E-state index contributed by atoms with van der Waals surface area (Å²) in [5.74, 6) is -1.65. The number of carbonyl (C=O) groups is 2. The largest absolute Gasteiger partial charge is 0.508 e. The molecule has 0 saturated heterocycles. The van der Waals surface area contributed by atoms with E-state index in [1.165, 1.54) is 18.2 Å². The number of halogens is 1. The summed E-state index contributed by atoms with van der Waals surface area (Å²) in [5.41, 5.74) is 0.514. The van der Waals surface area contributed by atoms with Gasteiger partial charge in [0.1, 0.15) is 5.75 Å². The molecule has 0 aromatic heterocycles. The number of hydrogen-bond acceptors (Lipinski definition) is 5. The van der Waals surface area contributed by atoms with Gasteiger partial charge >= 0.3 is 5.69 Å². The second-order valence-corrected chi connectivity index (χ2v) is 5.77. The molecule has 0 aliphatic carbocycles. The highest BCUT2D eigenvalue weighted by atomic mass is 19.1. The van der Waals surface area contributed by atoms with Gasteiger partial charge in [-0.1, -0.05) is 18.2 Å². The van der Waals surface area contributed by atoms with Crippen LogP contribution >= 0.6 is 0 Å². The molecule has 0 fully saturated rings. The number of phenolic OH excluding ortho intramolecular Hbond substituents is 1. The van der Waals surface area contributed by atoms with Gasteiger partial charge in [-0.15, -0.1) is 0 Å². The third-order valence-electron chi connectivity index (χ3n) is 3.66. The molecule has 0 aliphatic heterocycles. The first kappa shape index (κ1) is 19.8. The van der Waals surface area contributed by atoms with Gasteiger partial charge in [0.25, 0.3) is 0 Å². The number of rotatable bonds is 8. The van der Waals surface area contributed by atoms with Gasteiger partial charge in [0.15, 0.2) is 0 Å². The molecule has 27 heavy (non-hydrogen) atoms. The highest BCUT2D eigenvalue weighted by Crippen LogP contribution is 2.18. The van der Waals surface area contributed by atoms with Gasteiger partial charge in [-0.3, -0.25) is 19.7 Å². The average molecular weight is 375 g/mol. The molecule has 0 atom stereocenters. The van der Waals surface area contributed by atoms with Crippen LogP contribution in [0.5, 0.6) is 5.75 Å². The van der Waals surface area contributed by atoms with E-state index in [1.54, 1.807) is 12.1 Å². The van der Waals surface area contributed by atoms with Crippen LogP contribution in [0.1, 0.15) is 11.1 Å². The zero-order valence-corrected chi connectivity index (χ0v) is 14.3. The Bertz CT molecular complexity index is 857. The fraction of sp³-hybridized carbons (Fsp3) is 0.222. The number of nitrogens with one attached hydrogen (secondary N) is 2. The van der Waals surface area contributed by atoms with E-state index < -0.39 is 22.3 Å². The normalized spacial score (nSPS) is 10.3. The standard InChI is InChI=1S/C18H18FN3O5/c19-15-5-4-12(9-16(15)22(26)27)6-7-20-18(25)11-21-17(24)10-13-2-1-3-14(23)8-13/h1-5,8-9,23H,6-7,10-11H2,(H,20,25)(H,21,24). The zero-order valence-electron chi connectivity index (χ0n) is 14.3. The Morgan fingerprint density at radius 2 is 1.85 bits per heavy atom. The van der Waals surface area contributed by atoms with Gasteiger partial charge in [-0.25, -0.2) is 0 Å². The van der Waals surface area contributed by atoms with Crippen molar-refractivity contribution in [3.05, 3.63) is 69.5 Å². The lowest BCUT2D eigenvalue weighted by molar-refractivity contribution is -0.387. The second-order valence-electron chi connectivity index (χ2n) is 5.77. The Morgan fingerprint density at radius 1 is 1.07 bits per heavy atom. The third-order valence-corrected chi connectivity index (χ3v) is 3.66. The van der Waals surface area contributed by atoms with Crippen molar-refractivity contribution in [3.8, 4) is 5.75 Å². The molecule has 2 amide bonds. The Kier molecular flexibility index (Phi) is 6.81. The van der Waals surface area contributed by atoms with E-state index >= 15 is 0 Å². The third kappa shape index (κ3) is 6.38. The number of nitro groups is 1. The first-order valence-electron chi connectivity index (χ1n) is 8.09. The number of carbonyl (C=O) groups excluding carboxylic acids is 2. The van der Waals surface area contributed by atoms with Crippen molar-refractivity contribution in [3.63, 3.8) is 0 Å². The molecule has 2 aromatic carbocycles. The number of aromatic hydroxyl groups is 1. The molecular weight excluding hydrogens is 357 g/mol. The summed E-state index contributed by atoms with van der Waals surface area (Å²) in [5, 5.41) is 25.1. The topological polar surface area (TPSA) is 122 Å². The first-order chi connectivity index (χ1) is 12.8. The predicted molar refractivity (Wildman–Crippen MR) is 94.6 cm³/mol. The van der Waals surface area contributed by atoms with E-state index in [2.05, 4.69) is 10.6 Å². The van der Waals surface area contributed by atoms with Crippen molar-refractivity contribution in [2.75, 3.05) is 13.1 Å². The lowest BCUT2D eigenvalue weighted by Crippen LogP contribution is -2.38. The molecule has 0 unspecified atom stereocenters. The molecule has 142 valence electrons. The molecule has 3 N–H and O–H groups in total. The van der Waals surface area contributed by atoms with Crippen LogP contribution in [-0.4, -0.2) is 34.9 Å². The highest BCUT2D eigenvalue weighted by molar-refractivity contribution is 5.85. The van der Waals surface area contributed by atoms with Crippen LogP contribution in [0.3, 0.4) is 0 Å². The predicted octanol–water partition coefficient (Wildman–Crippen LogP) is 1.46. The van der Waals surface area contributed by atoms with Crippen molar-refractivity contribution in [2.45, 2.75) is 12.8 Å². The smallest absolute Gasteiger partial charge is 0.305 e. The van der Waals surface area contributed by atoms with Crippen LogP contribution in [0.4, 0.5) is 10.1 Å². The summed E-state index contributed by atoms with van der Waals surface area (Å²) in [4.78, 5) is 33.4. The Balaban J connectivity index is 1.72. The van der Waals surface area contributed by atoms with E-state index in [-0.39, 0.29) is 37.6 Å². The Morgan fingerprint density at radius 3 is 2.56 bits per heavy atom. The fourth-order valence-electron chi connectivity index (χ4n) is 2.36. The summed E-state index contributed by atoms with van der Waals surface area (Å²) in [6.07, 6.45) is 0.311. The molecule has 0 saturated carbocycles. The molecule has 0 radical (unpaired) electrons. The van der Waals surface area contributed by atoms with Crippen molar-refractivity contribution in [1.29, 1.82) is 0 Å². The monoisotopic (exact) mass is 375 g/mol. The molecule has 9 heteroatoms. The van der Waals surface area contributed by atoms with Gasteiger partial charge < -0.3 is 15.7 Å². The summed E-state index contributed by atoms with van der Waals surface area (Å²) < 4.78 is 13.3. The van der Waals surface area contributed by atoms with Gasteiger partial charge in [0, 0.05) is 12.6 Å². The average Bonchev–Trinajstić information content (AvgIpc) is 2.61. The summed E-state index contributed by atoms with van der Waals surface area (Å²) >= 11 is 0. The molecule has 2 aromatic rings. The molecule has 8 nitrogen and oxygen atoms in total. The zero-order chi connectivity index (χ0) is 19.8. The summed E-state index contributed by atoms with van der Waals surface area (Å²) in [6, 6.07) is 9.79. The van der Waals surface area contributed by atoms with Crippen LogP contribution in [0.25, 0.3) is 0 Å². The van der Waals surface area contributed by atoms with Crippen molar-refractivity contribution in [2.24, 2.45) is 0 Å². The molecule has 0 bridgehead atoms. The van der Waals surface area contributed by atoms with Crippen LogP contribution in [0.15, 0.2) is 42.5 Å². The van der Waals surface area contributed by atoms with E-state index in [0.717, 1.165) is 12.1 Å². The molecule has 0 spiro atoms. The number of amides is 2. The van der Waals surface area contributed by atoms with Crippen LogP contribution < -0.4 is 10.6 Å². The Labute approximate surface area is 154 Å². The van der Waals surface area contributed by atoms with Gasteiger partial charge in [-0.05, 0) is 35.7 Å². The SMILES string of the molecule is O=C(CNC(=O)Cc1cccc(O)c1)NCCc1ccc(F)c([N+](=O)[O-])c1. The molecular formula is C18H18FN3O5. The lowest BCUT2D eigenvalue weighted by Gasteiger charge is -2.07. The molecule has 0 aliphatic rings. The number of nitro benzene ring substituents is 1. The fourth-order valence-corrected chi connectivity index (χ4v) is 2.36. The van der Waals surface area contributed by atoms with E-state index in [0.29, 0.717) is 11.1 Å². The van der Waals surface area contributed by atoms with E-state index in [4.69, 9.17) is 0 Å². The van der Waals surface area contributed by atoms with E-state index in [1.807, 2.05) is 0 Å². The number of benzene rings is 2. The maximum absolute atomic E-state index is 13.3. The van der Waals surface area contributed by atoms with E-state index in [9.17, 15) is 29.2 Å². The van der Waals surface area contributed by atoms with Gasteiger partial charge in [-0.2, -0.15) is 4.39 Å². The van der Waals surface area contributed by atoms with Crippen molar-refractivity contribution in [1.82, 2.24) is 10.6 Å². The molecule has 2 rings (SSSR count). The van der Waals surface area contributed by atoms with Crippen LogP contribution in [-0.2, 0) is 22.4 Å². The van der Waals surface area contributed by atoms with Gasteiger partial charge in [0.05, 0.1) is 17.9 Å². The van der Waals surface area contributed by atoms with Crippen LogP contribution in [0, 0.1) is 15.9 Å².